The molecule has 0 bridgehead atoms. The second kappa shape index (κ2) is 8.20. The summed E-state index contributed by atoms with van der Waals surface area (Å²) in [6, 6.07) is 13.3. The van der Waals surface area contributed by atoms with Crippen LogP contribution in [-0.2, 0) is 9.59 Å². The second-order valence-corrected chi connectivity index (χ2v) is 8.65. The lowest BCUT2D eigenvalue weighted by Crippen LogP contribution is -2.48. The third-order valence-corrected chi connectivity index (χ3v) is 5.87. The zero-order valence-electron chi connectivity index (χ0n) is 16.5. The molecule has 2 N–H and O–H groups in total. The van der Waals surface area contributed by atoms with Gasteiger partial charge in [-0.05, 0) is 62.7 Å². The molecule has 0 amide bonds. The van der Waals surface area contributed by atoms with Crippen LogP contribution in [0.4, 0.5) is 10.1 Å². The van der Waals surface area contributed by atoms with Crippen molar-refractivity contribution in [2.75, 3.05) is 5.32 Å². The average Bonchev–Trinajstić information content (AvgIpc) is 2.61. The van der Waals surface area contributed by atoms with Crippen molar-refractivity contribution in [3.05, 3.63) is 75.7 Å². The highest BCUT2D eigenvalue weighted by atomic mass is 79.9. The molecule has 2 aromatic carbocycles. The Hall–Kier alpha value is -2.31. The summed E-state index contributed by atoms with van der Waals surface area (Å²) in [5.41, 5.74) is 0.767. The van der Waals surface area contributed by atoms with Gasteiger partial charge in [-0.25, -0.2) is 4.39 Å². The minimum absolute atomic E-state index is 0.105. The van der Waals surface area contributed by atoms with E-state index in [1.165, 1.54) is 26.0 Å². The molecule has 0 aromatic heterocycles. The van der Waals surface area contributed by atoms with E-state index in [9.17, 15) is 19.1 Å². The van der Waals surface area contributed by atoms with Gasteiger partial charge >= 0.3 is 0 Å². The molecular weight excluding hydrogens is 437 g/mol. The Morgan fingerprint density at radius 2 is 1.83 bits per heavy atom. The maximum Gasteiger partial charge on any atom is 0.158 e. The van der Waals surface area contributed by atoms with Gasteiger partial charge in [0.15, 0.2) is 5.78 Å². The second-order valence-electron chi connectivity index (χ2n) is 7.74. The number of hydrogen-bond acceptors (Lipinski definition) is 4. The first kappa shape index (κ1) is 21.4. The number of Topliss-reactive ketones (excluding diaryl/α,β-unsaturated/α-hetero) is 2. The predicted molar refractivity (Wildman–Crippen MR) is 114 cm³/mol. The monoisotopic (exact) mass is 459 g/mol. The first-order chi connectivity index (χ1) is 13.6. The number of carbonyl (C=O) groups is 2. The Morgan fingerprint density at radius 3 is 2.38 bits per heavy atom. The summed E-state index contributed by atoms with van der Waals surface area (Å²) in [6.07, 6.45) is 0.105. The molecule has 29 heavy (non-hydrogen) atoms. The zero-order valence-corrected chi connectivity index (χ0v) is 18.1. The van der Waals surface area contributed by atoms with E-state index in [2.05, 4.69) is 21.2 Å². The number of benzene rings is 2. The van der Waals surface area contributed by atoms with Gasteiger partial charge in [-0.15, -0.1) is 0 Å². The number of allylic oxidation sites excluding steroid dienone is 1. The Morgan fingerprint density at radius 1 is 1.17 bits per heavy atom. The predicted octanol–water partition coefficient (Wildman–Crippen LogP) is 4.99. The van der Waals surface area contributed by atoms with Gasteiger partial charge in [0.05, 0.1) is 11.5 Å². The largest absolute Gasteiger partial charge is 0.389 e. The molecule has 152 valence electrons. The fourth-order valence-electron chi connectivity index (χ4n) is 4.26. The van der Waals surface area contributed by atoms with Gasteiger partial charge < -0.3 is 10.4 Å². The minimum Gasteiger partial charge on any atom is -0.389 e. The normalized spacial score (nSPS) is 24.3. The highest BCUT2D eigenvalue weighted by Crippen LogP contribution is 2.47. The van der Waals surface area contributed by atoms with Crippen LogP contribution in [0.2, 0.25) is 0 Å². The van der Waals surface area contributed by atoms with Crippen LogP contribution in [0.15, 0.2) is 64.3 Å². The van der Waals surface area contributed by atoms with Crippen LogP contribution >= 0.6 is 15.9 Å². The third kappa shape index (κ3) is 4.49. The lowest BCUT2D eigenvalue weighted by molar-refractivity contribution is -0.131. The summed E-state index contributed by atoms with van der Waals surface area (Å²) in [4.78, 5) is 25.2. The first-order valence-corrected chi connectivity index (χ1v) is 10.1. The minimum atomic E-state index is -1.40. The molecule has 3 atom stereocenters. The molecule has 0 saturated heterocycles. The van der Waals surface area contributed by atoms with Crippen molar-refractivity contribution in [2.24, 2.45) is 5.92 Å². The zero-order chi connectivity index (χ0) is 21.3. The Balaban J connectivity index is 2.21. The van der Waals surface area contributed by atoms with Gasteiger partial charge in [0.25, 0.3) is 0 Å². The molecule has 6 heteroatoms. The van der Waals surface area contributed by atoms with E-state index in [0.29, 0.717) is 16.8 Å². The summed E-state index contributed by atoms with van der Waals surface area (Å²) in [6.45, 7) is 4.42. The lowest BCUT2D eigenvalue weighted by Gasteiger charge is -2.43. The third-order valence-electron chi connectivity index (χ3n) is 5.34. The van der Waals surface area contributed by atoms with E-state index in [0.717, 1.165) is 10.2 Å². The highest BCUT2D eigenvalue weighted by molar-refractivity contribution is 9.10. The fraction of sp³-hybridized carbons (Fsp3) is 0.304. The summed E-state index contributed by atoms with van der Waals surface area (Å²) in [7, 11) is 0. The maximum absolute atomic E-state index is 14.0. The van der Waals surface area contributed by atoms with Gasteiger partial charge in [0.1, 0.15) is 11.6 Å². The molecule has 0 heterocycles. The SMILES string of the molecule is CC(=O)C1=C(Nc2ccc(Br)cc2)C[C@](C)(O)[C@H](C(C)=O)[C@H]1c1cccc(F)c1. The van der Waals surface area contributed by atoms with E-state index in [4.69, 9.17) is 0 Å². The topological polar surface area (TPSA) is 66.4 Å². The molecule has 1 aliphatic carbocycles. The lowest BCUT2D eigenvalue weighted by atomic mass is 9.64. The van der Waals surface area contributed by atoms with Crippen LogP contribution < -0.4 is 5.32 Å². The van der Waals surface area contributed by atoms with Crippen molar-refractivity contribution in [1.82, 2.24) is 0 Å². The number of hydrogen-bond donors (Lipinski definition) is 2. The molecule has 0 unspecified atom stereocenters. The van der Waals surface area contributed by atoms with Crippen LogP contribution in [-0.4, -0.2) is 22.3 Å². The highest BCUT2D eigenvalue weighted by Gasteiger charge is 2.49. The first-order valence-electron chi connectivity index (χ1n) is 9.35. The van der Waals surface area contributed by atoms with Crippen molar-refractivity contribution < 1.29 is 19.1 Å². The van der Waals surface area contributed by atoms with Gasteiger partial charge in [0.2, 0.25) is 0 Å². The Labute approximate surface area is 178 Å². The summed E-state index contributed by atoms with van der Waals surface area (Å²) >= 11 is 3.39. The Kier molecular flexibility index (Phi) is 6.05. The quantitative estimate of drug-likeness (QED) is 0.660. The van der Waals surface area contributed by atoms with E-state index in [1.54, 1.807) is 19.1 Å². The molecule has 0 spiro atoms. The molecule has 3 rings (SSSR count). The van der Waals surface area contributed by atoms with Crippen molar-refractivity contribution in [1.29, 1.82) is 0 Å². The van der Waals surface area contributed by atoms with Crippen LogP contribution in [0, 0.1) is 11.7 Å². The number of halogens is 2. The number of anilines is 1. The van der Waals surface area contributed by atoms with Crippen molar-refractivity contribution in [3.8, 4) is 0 Å². The van der Waals surface area contributed by atoms with Gasteiger partial charge in [-0.3, -0.25) is 9.59 Å². The maximum atomic E-state index is 14.0. The number of carbonyl (C=O) groups excluding carboxylic acids is 2. The number of rotatable bonds is 5. The van der Waals surface area contributed by atoms with Crippen molar-refractivity contribution in [3.63, 3.8) is 0 Å². The molecule has 1 aliphatic rings. The van der Waals surface area contributed by atoms with Gasteiger partial charge in [-0.1, -0.05) is 28.1 Å². The smallest absolute Gasteiger partial charge is 0.158 e. The van der Waals surface area contributed by atoms with E-state index < -0.39 is 23.3 Å². The number of ketones is 2. The molecule has 0 radical (unpaired) electrons. The van der Waals surface area contributed by atoms with Crippen LogP contribution in [0.3, 0.4) is 0 Å². The Bertz CT molecular complexity index is 982. The molecule has 2 aromatic rings. The molecule has 0 fully saturated rings. The van der Waals surface area contributed by atoms with Crippen LogP contribution in [0.5, 0.6) is 0 Å². The van der Waals surface area contributed by atoms with Crippen molar-refractivity contribution >= 4 is 33.2 Å². The fourth-order valence-corrected chi connectivity index (χ4v) is 4.52. The molecule has 0 saturated carbocycles. The molecule has 0 aliphatic heterocycles. The standard InChI is InChI=1S/C23H23BrFNO3/c1-13(27)20-19(26-18-9-7-16(24)8-10-18)12-23(3,29)22(14(2)28)21(20)15-5-4-6-17(25)11-15/h4-11,21-22,26,29H,12H2,1-3H3/t21-,22+,23-/m0/s1. The van der Waals surface area contributed by atoms with Crippen LogP contribution in [0.25, 0.3) is 0 Å². The van der Waals surface area contributed by atoms with Crippen molar-refractivity contribution in [2.45, 2.75) is 38.7 Å². The summed E-state index contributed by atoms with van der Waals surface area (Å²) in [5.74, 6) is -2.53. The van der Waals surface area contributed by atoms with E-state index in [1.807, 2.05) is 24.3 Å². The van der Waals surface area contributed by atoms with E-state index >= 15 is 0 Å². The molecular formula is C23H23BrFNO3. The van der Waals surface area contributed by atoms with Gasteiger partial charge in [-0.2, -0.15) is 0 Å². The van der Waals surface area contributed by atoms with E-state index in [-0.39, 0.29) is 18.0 Å². The van der Waals surface area contributed by atoms with Gasteiger partial charge in [0, 0.05) is 33.8 Å². The number of aliphatic hydroxyl groups is 1. The van der Waals surface area contributed by atoms with Crippen LogP contribution in [0.1, 0.15) is 38.7 Å². The summed E-state index contributed by atoms with van der Waals surface area (Å²) in [5, 5.41) is 14.4. The average molecular weight is 460 g/mol. The molecule has 4 nitrogen and oxygen atoms in total. The summed E-state index contributed by atoms with van der Waals surface area (Å²) < 4.78 is 14.9. The number of nitrogens with one attached hydrogen (secondary N) is 1.